The number of methoxy groups -OCH3 is 1. The predicted octanol–water partition coefficient (Wildman–Crippen LogP) is -3.13. The van der Waals surface area contributed by atoms with Crippen molar-refractivity contribution in [3.8, 4) is 0 Å². The molecule has 1 heterocycles. The smallest absolute Gasteiger partial charge is 0.282 e. The van der Waals surface area contributed by atoms with Crippen molar-refractivity contribution in [3.05, 3.63) is 0 Å². The molecule has 22 heavy (non-hydrogen) atoms. The van der Waals surface area contributed by atoms with Crippen LogP contribution in [0.25, 0.3) is 0 Å². The second-order valence-corrected chi connectivity index (χ2v) is 5.57. The van der Waals surface area contributed by atoms with Crippen molar-refractivity contribution < 1.29 is 34.7 Å². The number of rotatable bonds is 6. The Balaban J connectivity index is 3.14. The van der Waals surface area contributed by atoms with Crippen LogP contribution in [0.4, 0.5) is 0 Å². The number of amides is 1. The second kappa shape index (κ2) is 7.64. The van der Waals surface area contributed by atoms with Gasteiger partial charge in [0.1, 0.15) is 18.3 Å². The highest BCUT2D eigenvalue weighted by Gasteiger charge is 2.54. The van der Waals surface area contributed by atoms with Crippen LogP contribution < -0.4 is 5.32 Å². The minimum absolute atomic E-state index is 0.134. The first-order valence-electron chi connectivity index (χ1n) is 7.01. The Morgan fingerprint density at radius 1 is 1.50 bits per heavy atom. The largest absolute Gasteiger partial charge is 0.394 e. The number of hydrogen-bond acceptors (Lipinski definition) is 8. The number of likely N-dealkylation sites (N-methyl/N-ethyl adjacent to an activating group) is 2. The topological polar surface area (TPSA) is 132 Å². The minimum Gasteiger partial charge on any atom is -0.394 e. The first-order valence-corrected chi connectivity index (χ1v) is 7.01. The molecule has 5 N–H and O–H groups in total. The van der Waals surface area contributed by atoms with Crippen molar-refractivity contribution in [2.45, 2.75) is 42.7 Å². The predicted molar refractivity (Wildman–Crippen MR) is 75.9 cm³/mol. The molecule has 1 rings (SSSR count). The zero-order valence-electron chi connectivity index (χ0n) is 13.3. The molecule has 0 aliphatic carbocycles. The fraction of sp³-hybridized carbons (Fsp3) is 0.923. The zero-order valence-corrected chi connectivity index (χ0v) is 13.3. The van der Waals surface area contributed by atoms with Gasteiger partial charge in [-0.1, -0.05) is 0 Å². The van der Waals surface area contributed by atoms with Gasteiger partial charge in [0.25, 0.3) is 11.7 Å². The van der Waals surface area contributed by atoms with Crippen LogP contribution in [0.5, 0.6) is 0 Å². The molecule has 1 amide bonds. The minimum atomic E-state index is -1.77. The first kappa shape index (κ1) is 19.2. The quantitative estimate of drug-likeness (QED) is 0.347. The molecule has 1 aliphatic heterocycles. The van der Waals surface area contributed by atoms with Gasteiger partial charge in [0.2, 0.25) is 0 Å². The van der Waals surface area contributed by atoms with E-state index >= 15 is 0 Å². The van der Waals surface area contributed by atoms with Gasteiger partial charge in [-0.15, -0.1) is 0 Å². The maximum Gasteiger partial charge on any atom is 0.282 e. The van der Waals surface area contributed by atoms with Gasteiger partial charge < -0.3 is 40.1 Å². The van der Waals surface area contributed by atoms with E-state index < -0.39 is 48.8 Å². The van der Waals surface area contributed by atoms with Crippen molar-refractivity contribution >= 4 is 5.91 Å². The maximum atomic E-state index is 12.3. The van der Waals surface area contributed by atoms with Crippen molar-refractivity contribution in [1.82, 2.24) is 10.2 Å². The van der Waals surface area contributed by atoms with Crippen LogP contribution in [0, 0.1) is 0 Å². The number of aliphatic hydroxyl groups is 4. The number of carbonyl (C=O) groups excluding carboxylic acids is 1. The van der Waals surface area contributed by atoms with Gasteiger partial charge in [0.05, 0.1) is 18.8 Å². The molecule has 1 aliphatic rings. The van der Waals surface area contributed by atoms with Crippen LogP contribution in [0.2, 0.25) is 0 Å². The molecule has 1 saturated heterocycles. The molecule has 6 atom stereocenters. The molecule has 130 valence electrons. The van der Waals surface area contributed by atoms with E-state index in [1.165, 1.54) is 26.1 Å². The Bertz CT molecular complexity index is 381. The first-order chi connectivity index (χ1) is 10.2. The van der Waals surface area contributed by atoms with Crippen LogP contribution in [0.3, 0.4) is 0 Å². The van der Waals surface area contributed by atoms with E-state index in [2.05, 4.69) is 5.32 Å². The van der Waals surface area contributed by atoms with Crippen molar-refractivity contribution in [3.63, 3.8) is 0 Å². The summed E-state index contributed by atoms with van der Waals surface area (Å²) in [7, 11) is 5.84. The lowest BCUT2D eigenvalue weighted by atomic mass is 9.88. The summed E-state index contributed by atoms with van der Waals surface area (Å²) in [6.07, 6.45) is -5.34. The Kier molecular flexibility index (Phi) is 6.68. The lowest BCUT2D eigenvalue weighted by molar-refractivity contribution is -0.299. The standard InChI is InChI=1S/C13H26N2O7/c1-14-9-7(17)5-13(21-4,12(20)15(2)3)22-11(9)10(19)8(18)6-16/h7-11,14,16-19H,5-6H2,1-4H3. The molecule has 0 bridgehead atoms. The van der Waals surface area contributed by atoms with Gasteiger partial charge in [-0.25, -0.2) is 0 Å². The van der Waals surface area contributed by atoms with Gasteiger partial charge in [-0.3, -0.25) is 4.79 Å². The zero-order chi connectivity index (χ0) is 17.1. The number of ether oxygens (including phenoxy) is 2. The van der Waals surface area contributed by atoms with Crippen LogP contribution in [0.1, 0.15) is 6.42 Å². The van der Waals surface area contributed by atoms with Gasteiger partial charge >= 0.3 is 0 Å². The average molecular weight is 322 g/mol. The van der Waals surface area contributed by atoms with E-state index in [-0.39, 0.29) is 6.42 Å². The summed E-state index contributed by atoms with van der Waals surface area (Å²) in [5, 5.41) is 41.9. The third-order valence-electron chi connectivity index (χ3n) is 3.89. The summed E-state index contributed by atoms with van der Waals surface area (Å²) in [6, 6.07) is -0.741. The van der Waals surface area contributed by atoms with Crippen LogP contribution in [-0.2, 0) is 14.3 Å². The summed E-state index contributed by atoms with van der Waals surface area (Å²) < 4.78 is 10.9. The molecular formula is C13H26N2O7. The van der Waals surface area contributed by atoms with Gasteiger partial charge in [-0.05, 0) is 7.05 Å². The van der Waals surface area contributed by atoms with E-state index in [0.717, 1.165) is 0 Å². The summed E-state index contributed by atoms with van der Waals surface area (Å²) >= 11 is 0. The average Bonchev–Trinajstić information content (AvgIpc) is 2.51. The Morgan fingerprint density at radius 2 is 2.09 bits per heavy atom. The Labute approximate surface area is 129 Å². The fourth-order valence-electron chi connectivity index (χ4n) is 2.63. The van der Waals surface area contributed by atoms with Crippen LogP contribution in [-0.4, -0.2) is 102 Å². The third kappa shape index (κ3) is 3.57. The lowest BCUT2D eigenvalue weighted by Gasteiger charge is -2.47. The summed E-state index contributed by atoms with van der Waals surface area (Å²) in [5.41, 5.74) is 0. The molecule has 9 nitrogen and oxygen atoms in total. The van der Waals surface area contributed by atoms with E-state index in [0.29, 0.717) is 0 Å². The Hall–Kier alpha value is -0.810. The molecule has 0 radical (unpaired) electrons. The molecule has 6 unspecified atom stereocenters. The third-order valence-corrected chi connectivity index (χ3v) is 3.89. The number of hydrogen-bond donors (Lipinski definition) is 5. The Morgan fingerprint density at radius 3 is 2.50 bits per heavy atom. The maximum absolute atomic E-state index is 12.3. The second-order valence-electron chi connectivity index (χ2n) is 5.57. The normalized spacial score (nSPS) is 35.0. The van der Waals surface area contributed by atoms with E-state index in [1.807, 2.05) is 0 Å². The summed E-state index contributed by atoms with van der Waals surface area (Å²) in [6.45, 7) is -0.685. The molecule has 1 fully saturated rings. The number of nitrogens with zero attached hydrogens (tertiary/aromatic N) is 1. The van der Waals surface area contributed by atoms with E-state index in [9.17, 15) is 20.1 Å². The van der Waals surface area contributed by atoms with Crippen molar-refractivity contribution in [2.75, 3.05) is 34.9 Å². The van der Waals surface area contributed by atoms with E-state index in [4.69, 9.17) is 14.6 Å². The van der Waals surface area contributed by atoms with E-state index in [1.54, 1.807) is 7.05 Å². The SMILES string of the molecule is CNC1C(O)CC(OC)(C(=O)N(C)C)OC1C(O)C(O)CO. The van der Waals surface area contributed by atoms with Gasteiger partial charge in [0, 0.05) is 27.6 Å². The molecule has 0 spiro atoms. The molecule has 9 heteroatoms. The number of nitrogens with one attached hydrogen (secondary N) is 1. The van der Waals surface area contributed by atoms with Gasteiger partial charge in [-0.2, -0.15) is 0 Å². The van der Waals surface area contributed by atoms with Crippen LogP contribution >= 0.6 is 0 Å². The van der Waals surface area contributed by atoms with Crippen molar-refractivity contribution in [1.29, 1.82) is 0 Å². The number of carbonyl (C=O) groups is 1. The molecule has 0 saturated carbocycles. The van der Waals surface area contributed by atoms with Crippen LogP contribution in [0.15, 0.2) is 0 Å². The molecule has 0 aromatic rings. The summed E-state index contributed by atoms with van der Waals surface area (Å²) in [4.78, 5) is 13.6. The highest BCUT2D eigenvalue weighted by Crippen LogP contribution is 2.33. The lowest BCUT2D eigenvalue weighted by Crippen LogP contribution is -2.68. The highest BCUT2D eigenvalue weighted by molar-refractivity contribution is 5.83. The number of aliphatic hydroxyl groups excluding tert-OH is 4. The fourth-order valence-corrected chi connectivity index (χ4v) is 2.63. The molecule has 0 aromatic heterocycles. The summed E-state index contributed by atoms with van der Waals surface area (Å²) in [5.74, 6) is -2.30. The molecular weight excluding hydrogens is 296 g/mol. The monoisotopic (exact) mass is 322 g/mol. The molecule has 0 aromatic carbocycles. The van der Waals surface area contributed by atoms with Crippen molar-refractivity contribution in [2.24, 2.45) is 0 Å². The highest BCUT2D eigenvalue weighted by atomic mass is 16.7. The van der Waals surface area contributed by atoms with Gasteiger partial charge in [0.15, 0.2) is 0 Å².